The molecule has 8 heteroatoms. The molecule has 0 aliphatic rings. The Morgan fingerprint density at radius 1 is 1.50 bits per heavy atom. The van der Waals surface area contributed by atoms with Crippen LogP contribution in [0.2, 0.25) is 0 Å². The van der Waals surface area contributed by atoms with E-state index < -0.39 is 16.5 Å². The summed E-state index contributed by atoms with van der Waals surface area (Å²) in [7, 11) is -3.43. The lowest BCUT2D eigenvalue weighted by Gasteiger charge is -1.97. The minimum Gasteiger partial charge on any atom is -0.270 e. The van der Waals surface area contributed by atoms with Gasteiger partial charge in [-0.15, -0.1) is 11.3 Å². The molecule has 0 fully saturated rings. The van der Waals surface area contributed by atoms with Gasteiger partial charge in [-0.25, -0.2) is 17.8 Å². The average molecular weight is 289 g/mol. The largest absolute Gasteiger partial charge is 0.270 e. The molecule has 0 aliphatic heterocycles. The normalized spacial score (nSPS) is 11.9. The number of halogens is 1. The monoisotopic (exact) mass is 289 g/mol. The van der Waals surface area contributed by atoms with Crippen molar-refractivity contribution < 1.29 is 12.8 Å². The highest BCUT2D eigenvalue weighted by molar-refractivity contribution is 7.92. The predicted octanol–water partition coefficient (Wildman–Crippen LogP) is 1.59. The lowest BCUT2D eigenvalue weighted by atomic mass is 10.4. The highest BCUT2D eigenvalue weighted by atomic mass is 32.2. The lowest BCUT2D eigenvalue weighted by Crippen LogP contribution is -2.04. The fraction of sp³-hybridized carbons (Fsp3) is 0.400. The Labute approximate surface area is 108 Å². The molecule has 2 aromatic heterocycles. The van der Waals surface area contributed by atoms with Gasteiger partial charge in [0, 0.05) is 22.8 Å². The van der Waals surface area contributed by atoms with Gasteiger partial charge in [-0.1, -0.05) is 0 Å². The standard InChI is InChI=1S/C10H12FN3O2S2/c1-8-6-17-10(13-8)18(15,16)7-9-4-12-14(5-9)3-2-11/h4-6H,2-3,7H2,1H3. The van der Waals surface area contributed by atoms with Gasteiger partial charge in [-0.2, -0.15) is 5.10 Å². The number of alkyl halides is 1. The van der Waals surface area contributed by atoms with Crippen LogP contribution in [0.5, 0.6) is 0 Å². The van der Waals surface area contributed by atoms with Gasteiger partial charge in [-0.3, -0.25) is 4.68 Å². The van der Waals surface area contributed by atoms with E-state index in [2.05, 4.69) is 10.1 Å². The van der Waals surface area contributed by atoms with Crippen molar-refractivity contribution in [3.05, 3.63) is 29.0 Å². The van der Waals surface area contributed by atoms with Crippen LogP contribution < -0.4 is 0 Å². The van der Waals surface area contributed by atoms with Gasteiger partial charge < -0.3 is 0 Å². The maximum absolute atomic E-state index is 12.1. The molecule has 2 rings (SSSR count). The van der Waals surface area contributed by atoms with Crippen molar-refractivity contribution in [3.8, 4) is 0 Å². The molecular weight excluding hydrogens is 277 g/mol. The number of nitrogens with zero attached hydrogens (tertiary/aromatic N) is 3. The number of thiazole rings is 1. The molecule has 2 heterocycles. The van der Waals surface area contributed by atoms with Crippen LogP contribution in [0.15, 0.2) is 22.1 Å². The zero-order valence-electron chi connectivity index (χ0n) is 9.71. The first-order valence-electron chi connectivity index (χ1n) is 5.23. The summed E-state index contributed by atoms with van der Waals surface area (Å²) in [5.74, 6) is -0.160. The van der Waals surface area contributed by atoms with Gasteiger partial charge in [0.15, 0.2) is 0 Å². The van der Waals surface area contributed by atoms with Crippen molar-refractivity contribution in [1.82, 2.24) is 14.8 Å². The van der Waals surface area contributed by atoms with Crippen LogP contribution in [0, 0.1) is 6.92 Å². The molecule has 0 unspecified atom stereocenters. The van der Waals surface area contributed by atoms with Gasteiger partial charge in [-0.05, 0) is 6.92 Å². The summed E-state index contributed by atoms with van der Waals surface area (Å²) in [6.07, 6.45) is 2.98. The molecule has 18 heavy (non-hydrogen) atoms. The third-order valence-electron chi connectivity index (χ3n) is 2.22. The molecule has 0 spiro atoms. The van der Waals surface area contributed by atoms with Crippen LogP contribution in [-0.4, -0.2) is 29.9 Å². The second-order valence-corrected chi connectivity index (χ2v) is 6.84. The van der Waals surface area contributed by atoms with Crippen LogP contribution in [0.4, 0.5) is 4.39 Å². The van der Waals surface area contributed by atoms with E-state index in [9.17, 15) is 12.8 Å². The molecular formula is C10H12FN3O2S2. The second kappa shape index (κ2) is 5.15. The Kier molecular flexibility index (Phi) is 3.76. The van der Waals surface area contributed by atoms with Crippen molar-refractivity contribution in [3.63, 3.8) is 0 Å². The number of sulfone groups is 1. The van der Waals surface area contributed by atoms with Crippen molar-refractivity contribution in [2.24, 2.45) is 0 Å². The fourth-order valence-corrected chi connectivity index (χ4v) is 3.87. The van der Waals surface area contributed by atoms with Crippen LogP contribution >= 0.6 is 11.3 Å². The molecule has 2 aromatic rings. The first-order valence-corrected chi connectivity index (χ1v) is 7.76. The Balaban J connectivity index is 2.17. The Morgan fingerprint density at radius 2 is 2.28 bits per heavy atom. The van der Waals surface area contributed by atoms with Crippen molar-refractivity contribution in [2.45, 2.75) is 23.6 Å². The van der Waals surface area contributed by atoms with E-state index in [0.29, 0.717) is 11.3 Å². The van der Waals surface area contributed by atoms with E-state index in [0.717, 1.165) is 11.3 Å². The molecule has 0 bridgehead atoms. The Bertz CT molecular complexity index is 633. The first-order chi connectivity index (χ1) is 8.51. The average Bonchev–Trinajstić information content (AvgIpc) is 2.88. The Morgan fingerprint density at radius 3 is 2.89 bits per heavy atom. The maximum Gasteiger partial charge on any atom is 0.209 e. The van der Waals surface area contributed by atoms with Gasteiger partial charge >= 0.3 is 0 Å². The Hall–Kier alpha value is -1.28. The minimum absolute atomic E-state index is 0.109. The summed E-state index contributed by atoms with van der Waals surface area (Å²) in [5, 5.41) is 5.58. The van der Waals surface area contributed by atoms with E-state index in [1.165, 1.54) is 17.1 Å². The first kappa shape index (κ1) is 13.2. The van der Waals surface area contributed by atoms with E-state index in [4.69, 9.17) is 0 Å². The topological polar surface area (TPSA) is 64.8 Å². The number of hydrogen-bond acceptors (Lipinski definition) is 5. The molecule has 5 nitrogen and oxygen atoms in total. The van der Waals surface area contributed by atoms with E-state index in [1.807, 2.05) is 0 Å². The van der Waals surface area contributed by atoms with E-state index in [1.54, 1.807) is 12.3 Å². The smallest absolute Gasteiger partial charge is 0.209 e. The molecule has 0 radical (unpaired) electrons. The third kappa shape index (κ3) is 2.94. The van der Waals surface area contributed by atoms with Gasteiger partial charge in [0.1, 0.15) is 6.67 Å². The molecule has 0 aliphatic carbocycles. The molecule has 0 saturated heterocycles. The maximum atomic E-state index is 12.1. The summed E-state index contributed by atoms with van der Waals surface area (Å²) in [5.41, 5.74) is 1.23. The quantitative estimate of drug-likeness (QED) is 0.838. The lowest BCUT2D eigenvalue weighted by molar-refractivity contribution is 0.427. The van der Waals surface area contributed by atoms with Crippen molar-refractivity contribution >= 4 is 21.2 Å². The summed E-state index contributed by atoms with van der Waals surface area (Å²) in [6.45, 7) is 1.35. The number of aryl methyl sites for hydroxylation is 2. The molecule has 0 atom stereocenters. The van der Waals surface area contributed by atoms with Crippen LogP contribution in [-0.2, 0) is 22.1 Å². The van der Waals surface area contributed by atoms with E-state index in [-0.39, 0.29) is 16.6 Å². The molecule has 0 saturated carbocycles. The number of rotatable bonds is 5. The molecule has 98 valence electrons. The minimum atomic E-state index is -3.43. The van der Waals surface area contributed by atoms with Gasteiger partial charge in [0.05, 0.1) is 18.5 Å². The zero-order chi connectivity index (χ0) is 13.2. The zero-order valence-corrected chi connectivity index (χ0v) is 11.3. The highest BCUT2D eigenvalue weighted by Gasteiger charge is 2.19. The molecule has 0 aromatic carbocycles. The summed E-state index contributed by atoms with van der Waals surface area (Å²) in [4.78, 5) is 3.97. The molecule has 0 N–H and O–H groups in total. The summed E-state index contributed by atoms with van der Waals surface area (Å²) < 4.78 is 37.6. The van der Waals surface area contributed by atoms with Crippen LogP contribution in [0.1, 0.15) is 11.3 Å². The van der Waals surface area contributed by atoms with Crippen LogP contribution in [0.3, 0.4) is 0 Å². The number of hydrogen-bond donors (Lipinski definition) is 0. The van der Waals surface area contributed by atoms with Crippen LogP contribution in [0.25, 0.3) is 0 Å². The summed E-state index contributed by atoms with van der Waals surface area (Å²) in [6, 6.07) is 0. The highest BCUT2D eigenvalue weighted by Crippen LogP contribution is 2.20. The number of aromatic nitrogens is 3. The third-order valence-corrected chi connectivity index (χ3v) is 5.36. The SMILES string of the molecule is Cc1csc(S(=O)(=O)Cc2cnn(CCF)c2)n1. The molecule has 0 amide bonds. The second-order valence-electron chi connectivity index (χ2n) is 3.81. The summed E-state index contributed by atoms with van der Waals surface area (Å²) >= 11 is 1.11. The van der Waals surface area contributed by atoms with Crippen molar-refractivity contribution in [2.75, 3.05) is 6.67 Å². The van der Waals surface area contributed by atoms with Gasteiger partial charge in [0.2, 0.25) is 14.2 Å². The van der Waals surface area contributed by atoms with Crippen molar-refractivity contribution in [1.29, 1.82) is 0 Å². The van der Waals surface area contributed by atoms with Gasteiger partial charge in [0.25, 0.3) is 0 Å². The van der Waals surface area contributed by atoms with E-state index >= 15 is 0 Å². The fourth-order valence-electron chi connectivity index (χ4n) is 1.45. The predicted molar refractivity (Wildman–Crippen MR) is 65.9 cm³/mol.